The van der Waals surface area contributed by atoms with Crippen LogP contribution in [0.4, 0.5) is 4.39 Å². The normalized spacial score (nSPS) is 16.7. The molecule has 1 unspecified atom stereocenters. The van der Waals surface area contributed by atoms with Gasteiger partial charge in [-0.3, -0.25) is 4.79 Å². The maximum absolute atomic E-state index is 13.4. The molecule has 25 heavy (non-hydrogen) atoms. The van der Waals surface area contributed by atoms with Crippen molar-refractivity contribution >= 4 is 29.3 Å². The van der Waals surface area contributed by atoms with Crippen LogP contribution < -0.4 is 5.73 Å². The topological polar surface area (TPSA) is 46.3 Å². The number of rotatable bonds is 4. The first-order chi connectivity index (χ1) is 12.0. The molecule has 0 spiro atoms. The summed E-state index contributed by atoms with van der Waals surface area (Å²) in [6.07, 6.45) is 1.64. The average molecular weight is 379 g/mol. The summed E-state index contributed by atoms with van der Waals surface area (Å²) in [6.45, 7) is 1.35. The summed E-state index contributed by atoms with van der Waals surface area (Å²) in [5.74, 6) is -0.401. The van der Waals surface area contributed by atoms with E-state index in [4.69, 9.17) is 17.3 Å². The summed E-state index contributed by atoms with van der Waals surface area (Å²) < 4.78 is 13.4. The Labute approximate surface area is 156 Å². The van der Waals surface area contributed by atoms with Crippen LogP contribution in [0.5, 0.6) is 0 Å². The minimum Gasteiger partial charge on any atom is -0.341 e. The van der Waals surface area contributed by atoms with Gasteiger partial charge in [-0.1, -0.05) is 41.9 Å². The summed E-state index contributed by atoms with van der Waals surface area (Å²) in [4.78, 5) is 15.8. The highest BCUT2D eigenvalue weighted by Gasteiger charge is 2.29. The molecule has 6 heteroatoms. The highest BCUT2D eigenvalue weighted by atomic mass is 35.5. The standard InChI is InChI=1S/C19H20ClFN2OS/c20-16-12-15(6-7-17(16)21)25-18(13-4-2-1-3-5-13)19(24)23-10-8-14(22)9-11-23/h1-7,12,14,18H,8-11,22H2. The first-order valence-corrected chi connectivity index (χ1v) is 9.51. The first-order valence-electron chi connectivity index (χ1n) is 8.25. The molecule has 0 aliphatic carbocycles. The van der Waals surface area contributed by atoms with Crippen LogP contribution in [0.2, 0.25) is 5.02 Å². The van der Waals surface area contributed by atoms with Crippen molar-refractivity contribution in [2.75, 3.05) is 13.1 Å². The van der Waals surface area contributed by atoms with Crippen molar-refractivity contribution in [2.45, 2.75) is 29.0 Å². The number of carbonyl (C=O) groups excluding carboxylic acids is 1. The molecule has 1 aliphatic rings. The Bertz CT molecular complexity index is 735. The van der Waals surface area contributed by atoms with Gasteiger partial charge >= 0.3 is 0 Å². The smallest absolute Gasteiger partial charge is 0.240 e. The molecule has 1 amide bonds. The fraction of sp³-hybridized carbons (Fsp3) is 0.316. The summed E-state index contributed by atoms with van der Waals surface area (Å²) >= 11 is 7.28. The number of nitrogens with two attached hydrogens (primary N) is 1. The fourth-order valence-corrected chi connectivity index (χ4v) is 4.25. The molecule has 0 aromatic heterocycles. The van der Waals surface area contributed by atoms with Crippen LogP contribution in [0.3, 0.4) is 0 Å². The van der Waals surface area contributed by atoms with Crippen molar-refractivity contribution < 1.29 is 9.18 Å². The Hall–Kier alpha value is -1.56. The number of thioether (sulfide) groups is 1. The highest BCUT2D eigenvalue weighted by molar-refractivity contribution is 8.00. The number of halogens is 2. The lowest BCUT2D eigenvalue weighted by Gasteiger charge is -2.33. The largest absolute Gasteiger partial charge is 0.341 e. The zero-order valence-electron chi connectivity index (χ0n) is 13.7. The Morgan fingerprint density at radius 1 is 1.20 bits per heavy atom. The second-order valence-corrected chi connectivity index (χ2v) is 7.73. The summed E-state index contributed by atoms with van der Waals surface area (Å²) in [5, 5.41) is -0.328. The van der Waals surface area contributed by atoms with Crippen molar-refractivity contribution in [3.8, 4) is 0 Å². The summed E-state index contributed by atoms with van der Waals surface area (Å²) in [6, 6.07) is 14.4. The predicted molar refractivity (Wildman–Crippen MR) is 100 cm³/mol. The van der Waals surface area contributed by atoms with Crippen LogP contribution in [0, 0.1) is 5.82 Å². The van der Waals surface area contributed by atoms with Crippen molar-refractivity contribution in [3.05, 3.63) is 64.9 Å². The third-order valence-corrected chi connectivity index (χ3v) is 5.85. The number of nitrogens with zero attached hydrogens (tertiary/aromatic N) is 1. The molecule has 2 aromatic carbocycles. The van der Waals surface area contributed by atoms with Gasteiger partial charge in [0, 0.05) is 24.0 Å². The minimum absolute atomic E-state index is 0.0588. The molecule has 1 atom stereocenters. The van der Waals surface area contributed by atoms with E-state index in [0.29, 0.717) is 13.1 Å². The number of amides is 1. The van der Waals surface area contributed by atoms with Crippen LogP contribution in [0.15, 0.2) is 53.4 Å². The van der Waals surface area contributed by atoms with E-state index >= 15 is 0 Å². The summed E-state index contributed by atoms with van der Waals surface area (Å²) in [5.41, 5.74) is 6.87. The third-order valence-electron chi connectivity index (χ3n) is 4.32. The quantitative estimate of drug-likeness (QED) is 0.808. The molecular formula is C19H20ClFN2OS. The maximum Gasteiger partial charge on any atom is 0.240 e. The van der Waals surface area contributed by atoms with Crippen molar-refractivity contribution in [1.29, 1.82) is 0 Å². The lowest BCUT2D eigenvalue weighted by atomic mass is 10.0. The van der Waals surface area contributed by atoms with Gasteiger partial charge in [0.05, 0.1) is 5.02 Å². The second-order valence-electron chi connectivity index (χ2n) is 6.15. The molecule has 3 rings (SSSR count). The molecule has 1 saturated heterocycles. The zero-order chi connectivity index (χ0) is 17.8. The highest BCUT2D eigenvalue weighted by Crippen LogP contribution is 2.38. The molecule has 0 bridgehead atoms. The van der Waals surface area contributed by atoms with Gasteiger partial charge in [0.2, 0.25) is 5.91 Å². The third kappa shape index (κ3) is 4.54. The van der Waals surface area contributed by atoms with Gasteiger partial charge in [0.25, 0.3) is 0 Å². The van der Waals surface area contributed by atoms with E-state index in [9.17, 15) is 9.18 Å². The molecular weight excluding hydrogens is 359 g/mol. The van der Waals surface area contributed by atoms with Gasteiger partial charge in [-0.25, -0.2) is 4.39 Å². The van der Waals surface area contributed by atoms with Crippen molar-refractivity contribution in [1.82, 2.24) is 4.90 Å². The van der Waals surface area contributed by atoms with Crippen LogP contribution >= 0.6 is 23.4 Å². The number of hydrogen-bond donors (Lipinski definition) is 1. The summed E-state index contributed by atoms with van der Waals surface area (Å²) in [7, 11) is 0. The zero-order valence-corrected chi connectivity index (χ0v) is 15.3. The van der Waals surface area contributed by atoms with Crippen LogP contribution in [0.25, 0.3) is 0 Å². The van der Waals surface area contributed by atoms with E-state index < -0.39 is 11.1 Å². The molecule has 132 valence electrons. The van der Waals surface area contributed by atoms with Crippen LogP contribution in [-0.4, -0.2) is 29.9 Å². The van der Waals surface area contributed by atoms with Gasteiger partial charge in [-0.05, 0) is 36.6 Å². The lowest BCUT2D eigenvalue weighted by Crippen LogP contribution is -2.44. The molecule has 1 heterocycles. The van der Waals surface area contributed by atoms with Gasteiger partial charge in [0.1, 0.15) is 11.1 Å². The number of carbonyl (C=O) groups is 1. The Balaban J connectivity index is 1.84. The van der Waals surface area contributed by atoms with E-state index in [-0.39, 0.29) is 17.0 Å². The number of benzene rings is 2. The molecule has 3 nitrogen and oxygen atoms in total. The van der Waals surface area contributed by atoms with Crippen molar-refractivity contribution in [2.24, 2.45) is 5.73 Å². The fourth-order valence-electron chi connectivity index (χ4n) is 2.86. The Kier molecular flexibility index (Phi) is 5.99. The van der Waals surface area contributed by atoms with Crippen molar-refractivity contribution in [3.63, 3.8) is 0 Å². The van der Waals surface area contributed by atoms with Crippen LogP contribution in [0.1, 0.15) is 23.7 Å². The number of hydrogen-bond acceptors (Lipinski definition) is 3. The molecule has 0 saturated carbocycles. The van der Waals surface area contributed by atoms with E-state index in [1.807, 2.05) is 35.2 Å². The Morgan fingerprint density at radius 3 is 2.52 bits per heavy atom. The van der Waals surface area contributed by atoms with E-state index in [1.54, 1.807) is 12.1 Å². The molecule has 1 aliphatic heterocycles. The van der Waals surface area contributed by atoms with Gasteiger partial charge < -0.3 is 10.6 Å². The number of likely N-dealkylation sites (tertiary alicyclic amines) is 1. The van der Waals surface area contributed by atoms with E-state index in [2.05, 4.69) is 0 Å². The molecule has 0 radical (unpaired) electrons. The molecule has 2 N–H and O–H groups in total. The molecule has 2 aromatic rings. The van der Waals surface area contributed by atoms with E-state index in [0.717, 1.165) is 23.3 Å². The predicted octanol–water partition coefficient (Wildman–Crippen LogP) is 4.26. The second kappa shape index (κ2) is 8.21. The minimum atomic E-state index is -0.460. The van der Waals surface area contributed by atoms with Gasteiger partial charge in [0.15, 0.2) is 0 Å². The van der Waals surface area contributed by atoms with Gasteiger partial charge in [-0.2, -0.15) is 0 Å². The monoisotopic (exact) mass is 378 g/mol. The van der Waals surface area contributed by atoms with Gasteiger partial charge in [-0.15, -0.1) is 11.8 Å². The van der Waals surface area contributed by atoms with E-state index in [1.165, 1.54) is 17.8 Å². The molecule has 1 fully saturated rings. The van der Waals surface area contributed by atoms with Crippen LogP contribution in [-0.2, 0) is 4.79 Å². The Morgan fingerprint density at radius 2 is 1.88 bits per heavy atom. The lowest BCUT2D eigenvalue weighted by molar-refractivity contribution is -0.131. The SMILES string of the molecule is NC1CCN(C(=O)C(Sc2ccc(F)c(Cl)c2)c2ccccc2)CC1. The average Bonchev–Trinajstić information content (AvgIpc) is 2.63. The first kappa shape index (κ1) is 18.2. The maximum atomic E-state index is 13.4. The number of piperidine rings is 1.